The van der Waals surface area contributed by atoms with Crippen molar-refractivity contribution in [3.8, 4) is 0 Å². The minimum Gasteiger partial charge on any atom is -0.472 e. The third-order valence-electron chi connectivity index (χ3n) is 14.2. The van der Waals surface area contributed by atoms with Crippen molar-refractivity contribution in [1.29, 1.82) is 0 Å². The molecule has 7 aliphatic rings. The molecule has 7 fully saturated rings. The Labute approximate surface area is 284 Å². The molecule has 1 N–H and O–H groups in total. The Hall–Kier alpha value is -3.00. The van der Waals surface area contributed by atoms with Gasteiger partial charge in [0.2, 0.25) is 0 Å². The number of fused-ring (bicyclic) bond motifs is 3. The number of hydrogen-bond donors (Lipinski definition) is 1. The molecule has 13 atom stereocenters. The van der Waals surface area contributed by atoms with Crippen LogP contribution in [0.3, 0.4) is 0 Å². The molecule has 13 nitrogen and oxygen atoms in total. The lowest BCUT2D eigenvalue weighted by Gasteiger charge is -2.77. The molecule has 3 aliphatic heterocycles. The molecule has 1 aromatic heterocycles. The molecule has 0 amide bonds. The standard InChI is InChI=1S/C36H46O13/c1-9-22(37)45-28-35(41)27(46-26(40)18(2)3)30(5)17-34(35)31(6,20(30)14-23(38)42-8)33-12-11-29(4)21(36(28,33)49-32(7,47-33)48-34)15-24(39)44-25(29)19-10-13-43-16-19/h10,13,16,18,20-21,25,27-28,41H,9,11-12,14-15,17H2,1-8H3. The summed E-state index contributed by atoms with van der Waals surface area (Å²) < 4.78 is 50.8. The number of hydrogen-bond acceptors (Lipinski definition) is 13. The quantitative estimate of drug-likeness (QED) is 0.325. The molecule has 1 aromatic rings. The molecule has 0 radical (unpaired) electrons. The predicted molar refractivity (Wildman–Crippen MR) is 164 cm³/mol. The third kappa shape index (κ3) is 3.38. The summed E-state index contributed by atoms with van der Waals surface area (Å²) in [6.45, 7) is 12.5. The maximum atomic E-state index is 13.8. The SMILES string of the molecule is CCC(=O)OC1C2(O)C(OC(=O)C(C)C)C3(C)CC24OC2(C)OC15C1CC(=O)OC(c6ccoc6)C1(C)CCC5(O2)C4(C)C3CC(=O)OC. The van der Waals surface area contributed by atoms with Gasteiger partial charge in [-0.25, -0.2) is 0 Å². The highest BCUT2D eigenvalue weighted by molar-refractivity contribution is 5.75. The molecule has 13 heteroatoms. The highest BCUT2D eigenvalue weighted by Crippen LogP contribution is 2.89. The Bertz CT molecular complexity index is 1640. The van der Waals surface area contributed by atoms with Crippen LogP contribution in [-0.2, 0) is 52.3 Å². The van der Waals surface area contributed by atoms with Crippen LogP contribution >= 0.6 is 0 Å². The highest BCUT2D eigenvalue weighted by atomic mass is 16.9. The van der Waals surface area contributed by atoms with Crippen LogP contribution in [0.15, 0.2) is 23.0 Å². The second-order valence-corrected chi connectivity index (χ2v) is 16.5. The zero-order chi connectivity index (χ0) is 35.4. The number of cyclic esters (lactones) is 1. The van der Waals surface area contributed by atoms with Gasteiger partial charge in [0.05, 0.1) is 32.0 Å². The number of methoxy groups -OCH3 is 1. The van der Waals surface area contributed by atoms with Crippen LogP contribution in [0.1, 0.15) is 98.7 Å². The molecular weight excluding hydrogens is 640 g/mol. The van der Waals surface area contributed by atoms with Crippen molar-refractivity contribution >= 4 is 23.9 Å². The fourth-order valence-corrected chi connectivity index (χ4v) is 12.5. The fraction of sp³-hybridized carbons (Fsp3) is 0.778. The first kappa shape index (κ1) is 33.2. The minimum atomic E-state index is -2.20. The van der Waals surface area contributed by atoms with Crippen molar-refractivity contribution in [2.24, 2.45) is 34.0 Å². The monoisotopic (exact) mass is 686 g/mol. The Morgan fingerprint density at radius 2 is 1.69 bits per heavy atom. The third-order valence-corrected chi connectivity index (χ3v) is 14.2. The molecule has 2 spiro atoms. The van der Waals surface area contributed by atoms with E-state index in [4.69, 9.17) is 37.6 Å². The smallest absolute Gasteiger partial charge is 0.308 e. The van der Waals surface area contributed by atoms with E-state index in [1.54, 1.807) is 40.0 Å². The van der Waals surface area contributed by atoms with E-state index in [9.17, 15) is 24.3 Å². The number of esters is 4. The van der Waals surface area contributed by atoms with Crippen molar-refractivity contribution in [3.05, 3.63) is 24.2 Å². The van der Waals surface area contributed by atoms with Gasteiger partial charge >= 0.3 is 23.9 Å². The van der Waals surface area contributed by atoms with Crippen LogP contribution in [0.25, 0.3) is 0 Å². The predicted octanol–water partition coefficient (Wildman–Crippen LogP) is 3.89. The minimum absolute atomic E-state index is 0.0286. The number of furan rings is 1. The number of carbonyl (C=O) groups is 4. The number of ether oxygens (including phenoxy) is 7. The number of carbonyl (C=O) groups excluding carboxylic acids is 4. The van der Waals surface area contributed by atoms with Gasteiger partial charge < -0.3 is 42.7 Å². The second-order valence-electron chi connectivity index (χ2n) is 16.5. The molecule has 8 rings (SSSR count). The van der Waals surface area contributed by atoms with Crippen molar-refractivity contribution in [1.82, 2.24) is 0 Å². The lowest BCUT2D eigenvalue weighted by atomic mass is 9.33. The van der Waals surface area contributed by atoms with Gasteiger partial charge in [0.1, 0.15) is 29.0 Å². The molecule has 268 valence electrons. The summed E-state index contributed by atoms with van der Waals surface area (Å²) in [5.41, 5.74) is -9.37. The number of aliphatic hydroxyl groups is 1. The molecule has 3 saturated heterocycles. The molecule has 4 saturated carbocycles. The summed E-state index contributed by atoms with van der Waals surface area (Å²) in [5, 5.41) is 13.8. The van der Waals surface area contributed by atoms with Crippen molar-refractivity contribution < 1.29 is 61.9 Å². The average Bonchev–Trinajstić information content (AvgIpc) is 3.74. The van der Waals surface area contributed by atoms with Crippen LogP contribution in [0.5, 0.6) is 0 Å². The zero-order valence-electron chi connectivity index (χ0n) is 29.3. The van der Waals surface area contributed by atoms with E-state index in [-0.39, 0.29) is 25.7 Å². The first-order valence-corrected chi connectivity index (χ1v) is 17.4. The molecule has 0 aromatic carbocycles. The summed E-state index contributed by atoms with van der Waals surface area (Å²) in [6, 6.07) is 1.75. The average molecular weight is 687 g/mol. The van der Waals surface area contributed by atoms with E-state index in [0.717, 1.165) is 0 Å². The maximum absolute atomic E-state index is 13.8. The molecule has 4 bridgehead atoms. The first-order chi connectivity index (χ1) is 22.9. The van der Waals surface area contributed by atoms with E-state index < -0.39 is 105 Å². The van der Waals surface area contributed by atoms with Crippen LogP contribution in [0.2, 0.25) is 0 Å². The maximum Gasteiger partial charge on any atom is 0.308 e. The summed E-state index contributed by atoms with van der Waals surface area (Å²) in [4.78, 5) is 54.3. The van der Waals surface area contributed by atoms with E-state index in [1.807, 2.05) is 20.8 Å². The van der Waals surface area contributed by atoms with E-state index in [2.05, 4.69) is 0 Å². The van der Waals surface area contributed by atoms with Crippen LogP contribution in [-0.4, -0.2) is 76.7 Å². The van der Waals surface area contributed by atoms with Crippen LogP contribution < -0.4 is 0 Å². The van der Waals surface area contributed by atoms with Gasteiger partial charge in [-0.3, -0.25) is 19.2 Å². The Kier molecular flexibility index (Phi) is 6.53. The Morgan fingerprint density at radius 3 is 2.33 bits per heavy atom. The van der Waals surface area contributed by atoms with Gasteiger partial charge in [-0.05, 0) is 31.2 Å². The lowest BCUT2D eigenvalue weighted by Crippen LogP contribution is -2.93. The summed E-state index contributed by atoms with van der Waals surface area (Å²) in [5.74, 6) is -5.93. The Balaban J connectivity index is 1.45. The van der Waals surface area contributed by atoms with E-state index in [1.165, 1.54) is 13.4 Å². The summed E-state index contributed by atoms with van der Waals surface area (Å²) >= 11 is 0. The van der Waals surface area contributed by atoms with Crippen molar-refractivity contribution in [2.75, 3.05) is 7.11 Å². The topological polar surface area (TPSA) is 166 Å². The summed E-state index contributed by atoms with van der Waals surface area (Å²) in [6.07, 6.45) is 0.132. The van der Waals surface area contributed by atoms with Gasteiger partial charge in [0.15, 0.2) is 11.7 Å². The van der Waals surface area contributed by atoms with Gasteiger partial charge in [-0.15, -0.1) is 0 Å². The largest absolute Gasteiger partial charge is 0.472 e. The van der Waals surface area contributed by atoms with Crippen LogP contribution in [0.4, 0.5) is 0 Å². The fourth-order valence-electron chi connectivity index (χ4n) is 12.5. The molecule has 49 heavy (non-hydrogen) atoms. The normalized spacial score (nSPS) is 51.2. The second kappa shape index (κ2) is 9.65. The van der Waals surface area contributed by atoms with Crippen molar-refractivity contribution in [3.63, 3.8) is 0 Å². The van der Waals surface area contributed by atoms with E-state index >= 15 is 0 Å². The number of rotatable bonds is 7. The zero-order valence-corrected chi connectivity index (χ0v) is 29.3. The van der Waals surface area contributed by atoms with Gasteiger partial charge in [0, 0.05) is 47.5 Å². The first-order valence-electron chi connectivity index (χ1n) is 17.4. The van der Waals surface area contributed by atoms with Gasteiger partial charge in [0.25, 0.3) is 5.97 Å². The van der Waals surface area contributed by atoms with Crippen molar-refractivity contribution in [2.45, 2.75) is 134 Å². The summed E-state index contributed by atoms with van der Waals surface area (Å²) in [7, 11) is 1.32. The molecule has 13 unspecified atom stereocenters. The highest BCUT2D eigenvalue weighted by Gasteiger charge is 3.04. The molecule has 4 heterocycles. The molecule has 4 aliphatic carbocycles. The Morgan fingerprint density at radius 1 is 0.980 bits per heavy atom. The van der Waals surface area contributed by atoms with Crippen LogP contribution in [0, 0.1) is 34.0 Å². The molecular formula is C36H46O13. The van der Waals surface area contributed by atoms with E-state index in [0.29, 0.717) is 18.4 Å². The van der Waals surface area contributed by atoms with Gasteiger partial charge in [-0.2, -0.15) is 0 Å². The lowest BCUT2D eigenvalue weighted by molar-refractivity contribution is -0.478. The van der Waals surface area contributed by atoms with Gasteiger partial charge in [-0.1, -0.05) is 41.5 Å².